The molecule has 3 aliphatic carbocycles. The van der Waals surface area contributed by atoms with Crippen LogP contribution >= 0.6 is 0 Å². The quantitative estimate of drug-likeness (QED) is 0.221. The smallest absolute Gasteiger partial charge is 0.311 e. The normalized spacial score (nSPS) is 26.4. The van der Waals surface area contributed by atoms with Gasteiger partial charge in [0.15, 0.2) is 0 Å². The van der Waals surface area contributed by atoms with Gasteiger partial charge in [-0.25, -0.2) is 0 Å². The standard InChI is InChI=1S/C26H40O2/c1-3-5-7-8-10-24(27)28-23-13-11-22(12-14-23)26-19-16-25(17-20-26,18-21-26)15-9-6-4-2/h11-14H,3-10,15-21H2,1-2H3. The van der Waals surface area contributed by atoms with Crippen LogP contribution in [-0.4, -0.2) is 5.97 Å². The first-order chi connectivity index (χ1) is 13.6. The Morgan fingerprint density at radius 3 is 2.04 bits per heavy atom. The van der Waals surface area contributed by atoms with Crippen molar-refractivity contribution in [2.75, 3.05) is 0 Å². The van der Waals surface area contributed by atoms with E-state index in [0.29, 0.717) is 23.0 Å². The third kappa shape index (κ3) is 5.19. The van der Waals surface area contributed by atoms with Crippen molar-refractivity contribution in [2.24, 2.45) is 5.41 Å². The molecule has 0 N–H and O–H groups in total. The van der Waals surface area contributed by atoms with Crippen molar-refractivity contribution in [1.29, 1.82) is 0 Å². The zero-order valence-electron chi connectivity index (χ0n) is 18.2. The van der Waals surface area contributed by atoms with Crippen LogP contribution in [0.3, 0.4) is 0 Å². The lowest BCUT2D eigenvalue weighted by molar-refractivity contribution is -0.134. The van der Waals surface area contributed by atoms with Crippen molar-refractivity contribution in [3.05, 3.63) is 29.8 Å². The van der Waals surface area contributed by atoms with Gasteiger partial charge < -0.3 is 4.74 Å². The van der Waals surface area contributed by atoms with Gasteiger partial charge in [0.1, 0.15) is 5.75 Å². The summed E-state index contributed by atoms with van der Waals surface area (Å²) in [7, 11) is 0. The van der Waals surface area contributed by atoms with Gasteiger partial charge in [-0.1, -0.05) is 64.5 Å². The first kappa shape index (κ1) is 21.4. The molecule has 0 aromatic heterocycles. The fourth-order valence-electron chi connectivity index (χ4n) is 5.58. The van der Waals surface area contributed by atoms with Gasteiger partial charge in [0.2, 0.25) is 0 Å². The van der Waals surface area contributed by atoms with Gasteiger partial charge >= 0.3 is 5.97 Å². The van der Waals surface area contributed by atoms with Gasteiger partial charge in [0.05, 0.1) is 0 Å². The molecule has 0 radical (unpaired) electrons. The number of unbranched alkanes of at least 4 members (excludes halogenated alkanes) is 5. The van der Waals surface area contributed by atoms with Crippen molar-refractivity contribution >= 4 is 5.97 Å². The van der Waals surface area contributed by atoms with Gasteiger partial charge in [-0.05, 0) is 79.9 Å². The molecule has 0 amide bonds. The molecule has 0 spiro atoms. The van der Waals surface area contributed by atoms with Crippen LogP contribution in [0.15, 0.2) is 24.3 Å². The summed E-state index contributed by atoms with van der Waals surface area (Å²) >= 11 is 0. The number of benzene rings is 1. The van der Waals surface area contributed by atoms with Crippen molar-refractivity contribution < 1.29 is 9.53 Å². The Morgan fingerprint density at radius 1 is 0.821 bits per heavy atom. The van der Waals surface area contributed by atoms with Crippen molar-refractivity contribution in [3.63, 3.8) is 0 Å². The maximum Gasteiger partial charge on any atom is 0.311 e. The second-order valence-corrected chi connectivity index (χ2v) is 9.55. The number of hydrogen-bond acceptors (Lipinski definition) is 2. The van der Waals surface area contributed by atoms with Crippen LogP contribution in [0, 0.1) is 5.41 Å². The summed E-state index contributed by atoms with van der Waals surface area (Å²) in [6.45, 7) is 4.49. The average Bonchev–Trinajstić information content (AvgIpc) is 2.73. The molecule has 3 saturated carbocycles. The van der Waals surface area contributed by atoms with Crippen LogP contribution < -0.4 is 4.74 Å². The molecule has 28 heavy (non-hydrogen) atoms. The lowest BCUT2D eigenvalue weighted by Gasteiger charge is -2.54. The molecule has 1 aromatic carbocycles. The van der Waals surface area contributed by atoms with E-state index < -0.39 is 0 Å². The van der Waals surface area contributed by atoms with Gasteiger partial charge in [0.25, 0.3) is 0 Å². The van der Waals surface area contributed by atoms with Crippen LogP contribution in [0.2, 0.25) is 0 Å². The molecule has 156 valence electrons. The van der Waals surface area contributed by atoms with Crippen molar-refractivity contribution in [3.8, 4) is 5.75 Å². The number of hydrogen-bond donors (Lipinski definition) is 0. The van der Waals surface area contributed by atoms with Gasteiger partial charge in [-0.2, -0.15) is 0 Å². The molecule has 1 aromatic rings. The van der Waals surface area contributed by atoms with Crippen LogP contribution in [0.1, 0.15) is 116 Å². The SMILES string of the molecule is CCCCCCC(=O)Oc1ccc(C23CCC(CCCCC)(CC2)CC3)cc1. The third-order valence-electron chi connectivity index (χ3n) is 7.65. The average molecular weight is 385 g/mol. The zero-order valence-corrected chi connectivity index (χ0v) is 18.2. The van der Waals surface area contributed by atoms with Crippen LogP contribution in [0.25, 0.3) is 0 Å². The Bertz CT molecular complexity index is 591. The lowest BCUT2D eigenvalue weighted by atomic mass is 9.51. The Labute approximate surface area is 172 Å². The number of fused-ring (bicyclic) bond motifs is 3. The van der Waals surface area contributed by atoms with E-state index in [4.69, 9.17) is 4.74 Å². The highest BCUT2D eigenvalue weighted by Crippen LogP contribution is 2.59. The Hall–Kier alpha value is -1.31. The fraction of sp³-hybridized carbons (Fsp3) is 0.731. The van der Waals surface area contributed by atoms with Crippen LogP contribution in [0.4, 0.5) is 0 Å². The summed E-state index contributed by atoms with van der Waals surface area (Å²) in [5.74, 6) is 0.621. The molecular weight excluding hydrogens is 344 g/mol. The first-order valence-electron chi connectivity index (χ1n) is 11.9. The van der Waals surface area contributed by atoms with Crippen LogP contribution in [0.5, 0.6) is 5.75 Å². The maximum atomic E-state index is 12.0. The predicted octanol–water partition coefficient (Wildman–Crippen LogP) is 7.73. The second kappa shape index (κ2) is 9.94. The summed E-state index contributed by atoms with van der Waals surface area (Å²) in [4.78, 5) is 12.0. The molecule has 0 saturated heterocycles. The maximum absolute atomic E-state index is 12.0. The Morgan fingerprint density at radius 2 is 1.43 bits per heavy atom. The molecule has 0 atom stereocenters. The van der Waals surface area contributed by atoms with E-state index in [1.54, 1.807) is 0 Å². The van der Waals surface area contributed by atoms with Gasteiger partial charge in [-0.3, -0.25) is 4.79 Å². The second-order valence-electron chi connectivity index (χ2n) is 9.55. The highest BCUT2D eigenvalue weighted by atomic mass is 16.5. The third-order valence-corrected chi connectivity index (χ3v) is 7.65. The van der Waals surface area contributed by atoms with E-state index in [1.165, 1.54) is 82.6 Å². The monoisotopic (exact) mass is 384 g/mol. The van der Waals surface area contributed by atoms with Gasteiger partial charge in [-0.15, -0.1) is 0 Å². The minimum absolute atomic E-state index is 0.0887. The number of carbonyl (C=O) groups excluding carboxylic acids is 1. The molecule has 0 unspecified atom stereocenters. The summed E-state index contributed by atoms with van der Waals surface area (Å²) in [6, 6.07) is 8.50. The number of carbonyl (C=O) groups is 1. The van der Waals surface area contributed by atoms with E-state index in [-0.39, 0.29) is 5.97 Å². The topological polar surface area (TPSA) is 26.3 Å². The highest BCUT2D eigenvalue weighted by molar-refractivity contribution is 5.72. The molecule has 3 aliphatic rings. The summed E-state index contributed by atoms with van der Waals surface area (Å²) in [6.07, 6.45) is 18.8. The van der Waals surface area contributed by atoms with Crippen LogP contribution in [-0.2, 0) is 10.2 Å². The summed E-state index contributed by atoms with van der Waals surface area (Å²) in [5, 5.41) is 0. The minimum Gasteiger partial charge on any atom is -0.427 e. The van der Waals surface area contributed by atoms with Crippen molar-refractivity contribution in [2.45, 2.75) is 116 Å². The molecular formula is C26H40O2. The summed E-state index contributed by atoms with van der Waals surface area (Å²) < 4.78 is 5.55. The Balaban J connectivity index is 1.51. The molecule has 4 rings (SSSR count). The van der Waals surface area contributed by atoms with E-state index >= 15 is 0 Å². The number of esters is 1. The van der Waals surface area contributed by atoms with E-state index in [9.17, 15) is 4.79 Å². The summed E-state index contributed by atoms with van der Waals surface area (Å²) in [5.41, 5.74) is 2.51. The molecule has 3 fully saturated rings. The molecule has 2 nitrogen and oxygen atoms in total. The predicted molar refractivity (Wildman–Crippen MR) is 117 cm³/mol. The largest absolute Gasteiger partial charge is 0.427 e. The number of rotatable bonds is 11. The molecule has 2 heteroatoms. The molecule has 0 heterocycles. The fourth-order valence-corrected chi connectivity index (χ4v) is 5.58. The lowest BCUT2D eigenvalue weighted by Crippen LogP contribution is -2.44. The zero-order chi connectivity index (χ0) is 19.9. The highest BCUT2D eigenvalue weighted by Gasteiger charge is 2.48. The van der Waals surface area contributed by atoms with Gasteiger partial charge in [0, 0.05) is 6.42 Å². The molecule has 0 aliphatic heterocycles. The van der Waals surface area contributed by atoms with Crippen molar-refractivity contribution in [1.82, 2.24) is 0 Å². The van der Waals surface area contributed by atoms with E-state index in [2.05, 4.69) is 26.0 Å². The van der Waals surface area contributed by atoms with E-state index in [0.717, 1.165) is 12.8 Å². The van der Waals surface area contributed by atoms with E-state index in [1.807, 2.05) is 12.1 Å². The molecule has 2 bridgehead atoms. The first-order valence-corrected chi connectivity index (χ1v) is 11.9. The number of ether oxygens (including phenoxy) is 1. The minimum atomic E-state index is -0.0887. The Kier molecular flexibility index (Phi) is 7.60.